The highest BCUT2D eigenvalue weighted by Crippen LogP contribution is 2.29. The third kappa shape index (κ3) is 2.81. The largest absolute Gasteiger partial charge is 0.271 e. The van der Waals surface area contributed by atoms with Crippen LogP contribution in [0.5, 0.6) is 0 Å². The van der Waals surface area contributed by atoms with E-state index in [0.717, 1.165) is 15.6 Å². The minimum Gasteiger partial charge on any atom is -0.271 e. The molecule has 3 N–H and O–H groups in total. The van der Waals surface area contributed by atoms with Gasteiger partial charge in [0.05, 0.1) is 6.04 Å². The number of nitrogens with two attached hydrogens (primary N) is 1. The van der Waals surface area contributed by atoms with Gasteiger partial charge >= 0.3 is 0 Å². The average molecular weight is 314 g/mol. The van der Waals surface area contributed by atoms with E-state index in [1.165, 1.54) is 6.33 Å². The van der Waals surface area contributed by atoms with E-state index in [1.54, 1.807) is 12.4 Å². The van der Waals surface area contributed by atoms with Crippen LogP contribution in [0.4, 0.5) is 0 Å². The molecule has 1 aromatic carbocycles. The van der Waals surface area contributed by atoms with Crippen LogP contribution >= 0.6 is 27.5 Å². The number of benzene rings is 1. The predicted molar refractivity (Wildman–Crippen MR) is 70.4 cm³/mol. The maximum Gasteiger partial charge on any atom is 0.115 e. The third-order valence-electron chi connectivity index (χ3n) is 2.35. The Morgan fingerprint density at radius 1 is 1.29 bits per heavy atom. The number of aromatic nitrogens is 2. The molecule has 0 saturated heterocycles. The summed E-state index contributed by atoms with van der Waals surface area (Å²) in [5, 5.41) is 0.631. The summed E-state index contributed by atoms with van der Waals surface area (Å²) in [5.41, 5.74) is 4.46. The number of hydrazine groups is 1. The van der Waals surface area contributed by atoms with Gasteiger partial charge in [-0.2, -0.15) is 0 Å². The standard InChI is InChI=1S/C11H10BrClN4/c12-8-1-2-9(10(13)3-8)11(17-14)7-4-15-6-16-5-7/h1-6,11,17H,14H2. The SMILES string of the molecule is NNC(c1cncnc1)c1ccc(Br)cc1Cl. The van der Waals surface area contributed by atoms with E-state index in [1.807, 2.05) is 18.2 Å². The molecule has 17 heavy (non-hydrogen) atoms. The molecule has 88 valence electrons. The molecule has 4 nitrogen and oxygen atoms in total. The summed E-state index contributed by atoms with van der Waals surface area (Å²) >= 11 is 9.55. The Balaban J connectivity index is 2.42. The molecule has 0 aliphatic heterocycles. The molecule has 0 radical (unpaired) electrons. The van der Waals surface area contributed by atoms with Crippen LogP contribution in [-0.2, 0) is 0 Å². The molecule has 0 aliphatic carbocycles. The van der Waals surface area contributed by atoms with Gasteiger partial charge in [-0.1, -0.05) is 33.6 Å². The number of halogens is 2. The van der Waals surface area contributed by atoms with E-state index in [4.69, 9.17) is 17.4 Å². The van der Waals surface area contributed by atoms with Gasteiger partial charge in [0.1, 0.15) is 6.33 Å². The maximum atomic E-state index is 6.19. The minimum absolute atomic E-state index is 0.225. The molecule has 0 spiro atoms. The first-order chi connectivity index (χ1) is 8.22. The molecule has 0 saturated carbocycles. The molecule has 1 atom stereocenters. The molecule has 0 bridgehead atoms. The van der Waals surface area contributed by atoms with Crippen molar-refractivity contribution in [2.75, 3.05) is 0 Å². The van der Waals surface area contributed by atoms with Gasteiger partial charge in [-0.3, -0.25) is 5.84 Å². The highest BCUT2D eigenvalue weighted by Gasteiger charge is 2.16. The predicted octanol–water partition coefficient (Wildman–Crippen LogP) is 2.45. The summed E-state index contributed by atoms with van der Waals surface area (Å²) in [6, 6.07) is 5.42. The number of hydrogen-bond acceptors (Lipinski definition) is 4. The first-order valence-corrected chi connectivity index (χ1v) is 6.05. The monoisotopic (exact) mass is 312 g/mol. The molecule has 2 aromatic rings. The Morgan fingerprint density at radius 3 is 2.59 bits per heavy atom. The molecular formula is C11H10BrClN4. The van der Waals surface area contributed by atoms with Gasteiger partial charge in [0.15, 0.2) is 0 Å². The van der Waals surface area contributed by atoms with E-state index < -0.39 is 0 Å². The molecule has 1 aromatic heterocycles. The van der Waals surface area contributed by atoms with E-state index in [2.05, 4.69) is 31.3 Å². The number of hydrogen-bond donors (Lipinski definition) is 2. The van der Waals surface area contributed by atoms with Crippen molar-refractivity contribution >= 4 is 27.5 Å². The highest BCUT2D eigenvalue weighted by atomic mass is 79.9. The zero-order valence-electron chi connectivity index (χ0n) is 8.77. The fraction of sp³-hybridized carbons (Fsp3) is 0.0909. The van der Waals surface area contributed by atoms with E-state index in [0.29, 0.717) is 5.02 Å². The van der Waals surface area contributed by atoms with Crippen molar-refractivity contribution in [2.24, 2.45) is 5.84 Å². The lowest BCUT2D eigenvalue weighted by molar-refractivity contribution is 0.632. The van der Waals surface area contributed by atoms with E-state index >= 15 is 0 Å². The van der Waals surface area contributed by atoms with Gasteiger partial charge in [0.2, 0.25) is 0 Å². The topological polar surface area (TPSA) is 63.8 Å². The van der Waals surface area contributed by atoms with Crippen LogP contribution in [0.15, 0.2) is 41.4 Å². The molecule has 1 unspecified atom stereocenters. The Bertz CT molecular complexity index is 506. The molecule has 0 fully saturated rings. The second-order valence-electron chi connectivity index (χ2n) is 3.44. The fourth-order valence-electron chi connectivity index (χ4n) is 1.56. The molecule has 0 amide bonds. The lowest BCUT2D eigenvalue weighted by Gasteiger charge is -2.17. The van der Waals surface area contributed by atoms with Crippen LogP contribution < -0.4 is 11.3 Å². The van der Waals surface area contributed by atoms with Gasteiger partial charge in [-0.05, 0) is 17.7 Å². The molecule has 6 heteroatoms. The van der Waals surface area contributed by atoms with Gasteiger partial charge in [-0.15, -0.1) is 0 Å². The lowest BCUT2D eigenvalue weighted by Crippen LogP contribution is -2.29. The first kappa shape index (κ1) is 12.4. The molecule has 0 aliphatic rings. The summed E-state index contributed by atoms with van der Waals surface area (Å²) in [6.45, 7) is 0. The van der Waals surface area contributed by atoms with Crippen molar-refractivity contribution in [2.45, 2.75) is 6.04 Å². The van der Waals surface area contributed by atoms with Crippen molar-refractivity contribution in [3.8, 4) is 0 Å². The van der Waals surface area contributed by atoms with Crippen molar-refractivity contribution < 1.29 is 0 Å². The summed E-state index contributed by atoms with van der Waals surface area (Å²) in [4.78, 5) is 7.93. The third-order valence-corrected chi connectivity index (χ3v) is 3.17. The Morgan fingerprint density at radius 2 is 2.00 bits per heavy atom. The lowest BCUT2D eigenvalue weighted by atomic mass is 10.0. The molecule has 2 rings (SSSR count). The van der Waals surface area contributed by atoms with Crippen LogP contribution in [0.25, 0.3) is 0 Å². The number of nitrogens with zero attached hydrogens (tertiary/aromatic N) is 2. The van der Waals surface area contributed by atoms with Crippen molar-refractivity contribution in [3.63, 3.8) is 0 Å². The normalized spacial score (nSPS) is 12.4. The van der Waals surface area contributed by atoms with Gasteiger partial charge < -0.3 is 0 Å². The minimum atomic E-state index is -0.225. The van der Waals surface area contributed by atoms with Crippen LogP contribution in [0.2, 0.25) is 5.02 Å². The van der Waals surface area contributed by atoms with Crippen LogP contribution in [0.1, 0.15) is 17.2 Å². The second-order valence-corrected chi connectivity index (χ2v) is 4.76. The van der Waals surface area contributed by atoms with Crippen molar-refractivity contribution in [3.05, 3.63) is 57.5 Å². The second kappa shape index (κ2) is 5.55. The van der Waals surface area contributed by atoms with Gasteiger partial charge in [0, 0.05) is 27.5 Å². The molecular weight excluding hydrogens is 304 g/mol. The van der Waals surface area contributed by atoms with Gasteiger partial charge in [0.25, 0.3) is 0 Å². The van der Waals surface area contributed by atoms with Crippen molar-refractivity contribution in [1.82, 2.24) is 15.4 Å². The number of nitrogens with one attached hydrogen (secondary N) is 1. The average Bonchev–Trinajstić information content (AvgIpc) is 2.34. The fourth-order valence-corrected chi connectivity index (χ4v) is 2.34. The van der Waals surface area contributed by atoms with Crippen LogP contribution in [0, 0.1) is 0 Å². The maximum absolute atomic E-state index is 6.19. The Hall–Kier alpha value is -1.01. The summed E-state index contributed by atoms with van der Waals surface area (Å²) < 4.78 is 0.923. The summed E-state index contributed by atoms with van der Waals surface area (Å²) in [5.74, 6) is 5.57. The Labute approximate surface area is 112 Å². The first-order valence-electron chi connectivity index (χ1n) is 4.88. The summed E-state index contributed by atoms with van der Waals surface area (Å²) in [7, 11) is 0. The van der Waals surface area contributed by atoms with E-state index in [-0.39, 0.29) is 6.04 Å². The van der Waals surface area contributed by atoms with Crippen molar-refractivity contribution in [1.29, 1.82) is 0 Å². The smallest absolute Gasteiger partial charge is 0.115 e. The zero-order chi connectivity index (χ0) is 12.3. The van der Waals surface area contributed by atoms with Gasteiger partial charge in [-0.25, -0.2) is 15.4 Å². The number of rotatable bonds is 3. The quantitative estimate of drug-likeness (QED) is 0.675. The van der Waals surface area contributed by atoms with Crippen LogP contribution in [-0.4, -0.2) is 9.97 Å². The summed E-state index contributed by atoms with van der Waals surface area (Å²) in [6.07, 6.45) is 4.88. The molecule has 1 heterocycles. The van der Waals surface area contributed by atoms with E-state index in [9.17, 15) is 0 Å². The zero-order valence-corrected chi connectivity index (χ0v) is 11.1. The Kier molecular flexibility index (Phi) is 4.06. The van der Waals surface area contributed by atoms with Crippen LogP contribution in [0.3, 0.4) is 0 Å². The highest BCUT2D eigenvalue weighted by molar-refractivity contribution is 9.10.